The maximum Gasteiger partial charge on any atom is 0.306 e. The van der Waals surface area contributed by atoms with Gasteiger partial charge in [-0.25, -0.2) is 0 Å². The molecule has 4 saturated carbocycles. The van der Waals surface area contributed by atoms with Crippen LogP contribution in [0.1, 0.15) is 112 Å². The van der Waals surface area contributed by atoms with Crippen molar-refractivity contribution in [1.82, 2.24) is 0 Å². The first-order chi connectivity index (χ1) is 17.1. The molecule has 0 bridgehead atoms. The molecule has 1 spiro atoms. The maximum absolute atomic E-state index is 12.4. The van der Waals surface area contributed by atoms with E-state index in [1.807, 2.05) is 0 Å². The predicted molar refractivity (Wildman–Crippen MR) is 141 cm³/mol. The average molecular weight is 501 g/mol. The molecule has 0 aromatic rings. The van der Waals surface area contributed by atoms with Crippen LogP contribution in [0.15, 0.2) is 0 Å². The van der Waals surface area contributed by atoms with E-state index in [0.717, 1.165) is 43.6 Å². The third-order valence-electron chi connectivity index (χ3n) is 12.8. The van der Waals surface area contributed by atoms with Crippen molar-refractivity contribution in [3.8, 4) is 0 Å². The van der Waals surface area contributed by atoms with E-state index < -0.39 is 0 Å². The Kier molecular flexibility index (Phi) is 6.39. The lowest BCUT2D eigenvalue weighted by atomic mass is 9.44. The number of hydrogen-bond donors (Lipinski definition) is 0. The Morgan fingerprint density at radius 3 is 2.44 bits per heavy atom. The highest BCUT2D eigenvalue weighted by atomic mass is 16.7. The first-order valence-corrected chi connectivity index (χ1v) is 15.6. The smallest absolute Gasteiger partial charge is 0.306 e. The highest BCUT2D eigenvalue weighted by Gasteiger charge is 2.69. The summed E-state index contributed by atoms with van der Waals surface area (Å²) in [7, 11) is 0. The molecule has 4 heteroatoms. The highest BCUT2D eigenvalue weighted by molar-refractivity contribution is 5.69. The van der Waals surface area contributed by atoms with Crippen molar-refractivity contribution >= 4 is 5.97 Å². The first-order valence-electron chi connectivity index (χ1n) is 15.6. The van der Waals surface area contributed by atoms with Crippen molar-refractivity contribution in [3.05, 3.63) is 0 Å². The van der Waals surface area contributed by atoms with E-state index in [1.165, 1.54) is 44.9 Å². The molecule has 36 heavy (non-hydrogen) atoms. The Hall–Kier alpha value is -0.610. The van der Waals surface area contributed by atoms with Crippen molar-refractivity contribution in [3.63, 3.8) is 0 Å². The minimum atomic E-state index is -0.304. The Bertz CT molecular complexity index is 845. The van der Waals surface area contributed by atoms with Crippen LogP contribution in [-0.2, 0) is 19.0 Å². The number of esters is 1. The summed E-state index contributed by atoms with van der Waals surface area (Å²) in [6, 6.07) is 0. The standard InChI is InChI=1S/C32H52O4/c1-19(2)15-28(33)35-23-10-12-30(5)22(16-23)7-8-24-25(30)11-13-31(6)26(24)17-27-29(31)21(4)32(36-27)14-9-20(3)18-34-32/h19-27,29H,7-18H2,1-6H3/t20-,21+,22+,23+,24-,25+,26+,27+,29+,30+,31+,32-/m1/s1. The first kappa shape index (κ1) is 25.7. The minimum absolute atomic E-state index is 0.0153. The normalized spacial score (nSPS) is 54.0. The molecule has 2 heterocycles. The van der Waals surface area contributed by atoms with Crippen molar-refractivity contribution in [2.24, 2.45) is 58.2 Å². The Morgan fingerprint density at radius 2 is 1.72 bits per heavy atom. The van der Waals surface area contributed by atoms with E-state index in [9.17, 15) is 4.79 Å². The molecule has 0 amide bonds. The lowest BCUT2D eigenvalue weighted by Gasteiger charge is -2.61. The topological polar surface area (TPSA) is 44.8 Å². The van der Waals surface area contributed by atoms with Gasteiger partial charge in [0.1, 0.15) is 6.10 Å². The van der Waals surface area contributed by atoms with Crippen LogP contribution in [0.4, 0.5) is 0 Å². The summed E-state index contributed by atoms with van der Waals surface area (Å²) in [6.45, 7) is 15.1. The van der Waals surface area contributed by atoms with Gasteiger partial charge in [0.15, 0.2) is 5.79 Å². The monoisotopic (exact) mass is 500 g/mol. The summed E-state index contributed by atoms with van der Waals surface area (Å²) in [5.41, 5.74) is 0.813. The third-order valence-corrected chi connectivity index (χ3v) is 12.8. The average Bonchev–Trinajstić information content (AvgIpc) is 3.26. The van der Waals surface area contributed by atoms with Crippen LogP contribution in [-0.4, -0.2) is 30.6 Å². The molecule has 2 aliphatic heterocycles. The summed E-state index contributed by atoms with van der Waals surface area (Å²) in [4.78, 5) is 12.4. The summed E-state index contributed by atoms with van der Waals surface area (Å²) in [6.07, 6.45) is 13.5. The zero-order valence-corrected chi connectivity index (χ0v) is 23.9. The molecule has 0 unspecified atom stereocenters. The van der Waals surface area contributed by atoms with Gasteiger partial charge < -0.3 is 14.2 Å². The molecule has 4 nitrogen and oxygen atoms in total. The number of ether oxygens (including phenoxy) is 3. The van der Waals surface area contributed by atoms with Crippen LogP contribution < -0.4 is 0 Å². The summed E-state index contributed by atoms with van der Waals surface area (Å²) >= 11 is 0. The van der Waals surface area contributed by atoms with Crippen molar-refractivity contribution in [2.45, 2.75) is 130 Å². The molecule has 2 saturated heterocycles. The molecule has 0 aromatic heterocycles. The fourth-order valence-electron chi connectivity index (χ4n) is 10.9. The van der Waals surface area contributed by atoms with E-state index in [0.29, 0.717) is 52.9 Å². The molecular weight excluding hydrogens is 448 g/mol. The molecule has 4 aliphatic carbocycles. The lowest BCUT2D eigenvalue weighted by Crippen LogP contribution is -2.55. The van der Waals surface area contributed by atoms with Crippen LogP contribution in [0.2, 0.25) is 0 Å². The Balaban J connectivity index is 1.15. The molecule has 0 radical (unpaired) electrons. The number of rotatable bonds is 3. The molecule has 6 aliphatic rings. The van der Waals surface area contributed by atoms with Crippen LogP contribution in [0.25, 0.3) is 0 Å². The van der Waals surface area contributed by atoms with Gasteiger partial charge >= 0.3 is 5.97 Å². The molecule has 0 aromatic carbocycles. The van der Waals surface area contributed by atoms with Gasteiger partial charge in [-0.15, -0.1) is 0 Å². The zero-order chi connectivity index (χ0) is 25.5. The predicted octanol–water partition coefficient (Wildman–Crippen LogP) is 7.39. The molecule has 6 rings (SSSR count). The van der Waals surface area contributed by atoms with Gasteiger partial charge in [0.2, 0.25) is 0 Å². The second-order valence-electron chi connectivity index (χ2n) is 15.2. The van der Waals surface area contributed by atoms with Gasteiger partial charge in [-0.05, 0) is 110 Å². The van der Waals surface area contributed by atoms with Gasteiger partial charge in [-0.3, -0.25) is 4.79 Å². The van der Waals surface area contributed by atoms with Crippen LogP contribution in [0, 0.1) is 58.2 Å². The number of carbonyl (C=O) groups excluding carboxylic acids is 1. The largest absolute Gasteiger partial charge is 0.462 e. The number of fused-ring (bicyclic) bond motifs is 7. The van der Waals surface area contributed by atoms with Crippen LogP contribution in [0.5, 0.6) is 0 Å². The fourth-order valence-corrected chi connectivity index (χ4v) is 10.9. The number of carbonyl (C=O) groups is 1. The van der Waals surface area contributed by atoms with Gasteiger partial charge in [0.25, 0.3) is 0 Å². The molecular formula is C32H52O4. The van der Waals surface area contributed by atoms with Crippen molar-refractivity contribution in [2.75, 3.05) is 6.61 Å². The summed E-state index contributed by atoms with van der Waals surface area (Å²) < 4.78 is 19.4. The van der Waals surface area contributed by atoms with E-state index in [-0.39, 0.29) is 17.9 Å². The molecule has 12 atom stereocenters. The minimum Gasteiger partial charge on any atom is -0.462 e. The van der Waals surface area contributed by atoms with E-state index >= 15 is 0 Å². The van der Waals surface area contributed by atoms with Crippen LogP contribution >= 0.6 is 0 Å². The van der Waals surface area contributed by atoms with Gasteiger partial charge in [-0.1, -0.05) is 41.5 Å². The second kappa shape index (κ2) is 8.97. The lowest BCUT2D eigenvalue weighted by molar-refractivity contribution is -0.273. The highest BCUT2D eigenvalue weighted by Crippen LogP contribution is 2.71. The van der Waals surface area contributed by atoms with Gasteiger partial charge in [-0.2, -0.15) is 0 Å². The van der Waals surface area contributed by atoms with Crippen molar-refractivity contribution in [1.29, 1.82) is 0 Å². The Labute approximate surface area is 220 Å². The number of hydrogen-bond acceptors (Lipinski definition) is 4. The van der Waals surface area contributed by atoms with E-state index in [4.69, 9.17) is 14.2 Å². The second-order valence-corrected chi connectivity index (χ2v) is 15.2. The maximum atomic E-state index is 12.4. The van der Waals surface area contributed by atoms with E-state index in [2.05, 4.69) is 41.5 Å². The molecule has 6 fully saturated rings. The summed E-state index contributed by atoms with van der Waals surface area (Å²) in [5, 5.41) is 0. The SMILES string of the molecule is CC(C)CC(=O)O[C@H]1CC[C@@]2(C)[C@@H](CC[C@@H]3[C@@H]2CC[C@]2(C)[C@@H]4[C@H](C[C@@H]32)O[C@]2(CC[C@@H](C)CO2)[C@H]4C)C1. The molecule has 204 valence electrons. The zero-order valence-electron chi connectivity index (χ0n) is 23.9. The van der Waals surface area contributed by atoms with E-state index in [1.54, 1.807) is 0 Å². The van der Waals surface area contributed by atoms with Crippen LogP contribution in [0.3, 0.4) is 0 Å². The van der Waals surface area contributed by atoms with Crippen molar-refractivity contribution < 1.29 is 19.0 Å². The van der Waals surface area contributed by atoms with Gasteiger partial charge in [0.05, 0.1) is 12.7 Å². The third kappa shape index (κ3) is 3.85. The quantitative estimate of drug-likeness (QED) is 0.379. The molecule has 0 N–H and O–H groups in total. The van der Waals surface area contributed by atoms with Gasteiger partial charge in [0, 0.05) is 18.8 Å². The fraction of sp³-hybridized carbons (Fsp3) is 0.969. The Morgan fingerprint density at radius 1 is 0.944 bits per heavy atom. The summed E-state index contributed by atoms with van der Waals surface area (Å²) in [5.74, 6) is 5.09.